The molecule has 0 saturated heterocycles. The molecule has 0 atom stereocenters. The second-order valence-electron chi connectivity index (χ2n) is 4.26. The standard InChI is InChI=1S/C11H14N2O2S/c14-10(15)5-11(1-2-11)8-16-7-9-6-12-3-4-13-9/h3-4,6H,1-2,5,7-8H2,(H,14,15). The molecule has 0 amide bonds. The molecule has 0 bridgehead atoms. The van der Waals surface area contributed by atoms with E-state index in [1.54, 1.807) is 30.4 Å². The smallest absolute Gasteiger partial charge is 0.303 e. The van der Waals surface area contributed by atoms with Crippen molar-refractivity contribution in [2.45, 2.75) is 25.0 Å². The fraction of sp³-hybridized carbons (Fsp3) is 0.545. The summed E-state index contributed by atoms with van der Waals surface area (Å²) in [5, 5.41) is 8.77. The van der Waals surface area contributed by atoms with Crippen LogP contribution in [0.25, 0.3) is 0 Å². The molecule has 1 fully saturated rings. The number of hydrogen-bond donors (Lipinski definition) is 1. The summed E-state index contributed by atoms with van der Waals surface area (Å²) < 4.78 is 0. The Morgan fingerprint density at radius 3 is 2.88 bits per heavy atom. The lowest BCUT2D eigenvalue weighted by molar-refractivity contribution is -0.138. The van der Waals surface area contributed by atoms with Gasteiger partial charge in [0.05, 0.1) is 12.1 Å². The van der Waals surface area contributed by atoms with Crippen molar-refractivity contribution in [3.8, 4) is 0 Å². The van der Waals surface area contributed by atoms with Gasteiger partial charge >= 0.3 is 5.97 Å². The van der Waals surface area contributed by atoms with E-state index >= 15 is 0 Å². The minimum absolute atomic E-state index is 0.0682. The number of thioether (sulfide) groups is 1. The monoisotopic (exact) mass is 238 g/mol. The third kappa shape index (κ3) is 3.20. The molecule has 16 heavy (non-hydrogen) atoms. The van der Waals surface area contributed by atoms with Crippen molar-refractivity contribution in [2.75, 3.05) is 5.75 Å². The Bertz CT molecular complexity index is 366. The molecule has 1 aliphatic rings. The topological polar surface area (TPSA) is 63.1 Å². The maximum Gasteiger partial charge on any atom is 0.303 e. The van der Waals surface area contributed by atoms with Crippen LogP contribution in [0.2, 0.25) is 0 Å². The lowest BCUT2D eigenvalue weighted by Crippen LogP contribution is -2.11. The molecule has 1 heterocycles. The van der Waals surface area contributed by atoms with Gasteiger partial charge in [0, 0.05) is 24.3 Å². The summed E-state index contributed by atoms with van der Waals surface area (Å²) in [5.41, 5.74) is 1.03. The highest BCUT2D eigenvalue weighted by Gasteiger charge is 2.43. The minimum atomic E-state index is -0.683. The molecule has 1 aromatic rings. The number of aromatic nitrogens is 2. The summed E-state index contributed by atoms with van der Waals surface area (Å²) in [6.45, 7) is 0. The highest BCUT2D eigenvalue weighted by molar-refractivity contribution is 7.98. The van der Waals surface area contributed by atoms with Crippen molar-refractivity contribution in [1.29, 1.82) is 0 Å². The molecule has 0 spiro atoms. The maximum atomic E-state index is 10.7. The zero-order valence-electron chi connectivity index (χ0n) is 8.93. The predicted octanol–water partition coefficient (Wildman–Crippen LogP) is 1.96. The van der Waals surface area contributed by atoms with Gasteiger partial charge in [-0.3, -0.25) is 14.8 Å². The van der Waals surface area contributed by atoms with E-state index in [1.165, 1.54) is 0 Å². The average molecular weight is 238 g/mol. The van der Waals surface area contributed by atoms with Gasteiger partial charge in [-0.25, -0.2) is 0 Å². The second kappa shape index (κ2) is 4.82. The van der Waals surface area contributed by atoms with Crippen molar-refractivity contribution in [3.05, 3.63) is 24.3 Å². The third-order valence-corrected chi connectivity index (χ3v) is 4.07. The van der Waals surface area contributed by atoms with Gasteiger partial charge in [-0.1, -0.05) is 0 Å². The van der Waals surface area contributed by atoms with Gasteiger partial charge in [0.15, 0.2) is 0 Å². The largest absolute Gasteiger partial charge is 0.481 e. The van der Waals surface area contributed by atoms with Gasteiger partial charge in [0.1, 0.15) is 0 Å². The van der Waals surface area contributed by atoms with Crippen LogP contribution >= 0.6 is 11.8 Å². The molecule has 1 aromatic heterocycles. The molecule has 1 N–H and O–H groups in total. The highest BCUT2D eigenvalue weighted by atomic mass is 32.2. The van der Waals surface area contributed by atoms with E-state index in [-0.39, 0.29) is 5.41 Å². The molecular weight excluding hydrogens is 224 g/mol. The van der Waals surface area contributed by atoms with E-state index in [4.69, 9.17) is 5.11 Å². The van der Waals surface area contributed by atoms with Crippen LogP contribution in [0.5, 0.6) is 0 Å². The minimum Gasteiger partial charge on any atom is -0.481 e. The van der Waals surface area contributed by atoms with Crippen LogP contribution in [0.1, 0.15) is 25.0 Å². The van der Waals surface area contributed by atoms with Crippen molar-refractivity contribution >= 4 is 17.7 Å². The summed E-state index contributed by atoms with van der Waals surface area (Å²) in [4.78, 5) is 18.8. The molecule has 1 aliphatic carbocycles. The number of carboxylic acids is 1. The lowest BCUT2D eigenvalue weighted by atomic mass is 10.1. The Labute approximate surface area is 98.5 Å². The van der Waals surface area contributed by atoms with Crippen LogP contribution < -0.4 is 0 Å². The predicted molar refractivity (Wildman–Crippen MR) is 62.1 cm³/mol. The number of rotatable bonds is 6. The van der Waals surface area contributed by atoms with Gasteiger partial charge in [-0.15, -0.1) is 0 Å². The van der Waals surface area contributed by atoms with Gasteiger partial charge in [-0.2, -0.15) is 11.8 Å². The number of carboxylic acid groups (broad SMARTS) is 1. The first-order valence-corrected chi connectivity index (χ1v) is 6.40. The first-order chi connectivity index (χ1) is 7.70. The molecule has 0 radical (unpaired) electrons. The van der Waals surface area contributed by atoms with Crippen LogP contribution in [0.3, 0.4) is 0 Å². The Balaban J connectivity index is 1.74. The number of carbonyl (C=O) groups is 1. The lowest BCUT2D eigenvalue weighted by Gasteiger charge is -2.11. The highest BCUT2D eigenvalue weighted by Crippen LogP contribution is 2.51. The number of nitrogens with zero attached hydrogens (tertiary/aromatic N) is 2. The summed E-state index contributed by atoms with van der Waals surface area (Å²) in [6.07, 6.45) is 7.49. The van der Waals surface area contributed by atoms with E-state index < -0.39 is 5.97 Å². The molecule has 0 aromatic carbocycles. The van der Waals surface area contributed by atoms with Crippen LogP contribution in [0.15, 0.2) is 18.6 Å². The quantitative estimate of drug-likeness (QED) is 0.820. The zero-order chi connectivity index (χ0) is 11.4. The van der Waals surface area contributed by atoms with Gasteiger partial charge in [-0.05, 0) is 24.0 Å². The van der Waals surface area contributed by atoms with E-state index in [2.05, 4.69) is 9.97 Å². The average Bonchev–Trinajstić information content (AvgIpc) is 2.99. The molecule has 4 nitrogen and oxygen atoms in total. The van der Waals surface area contributed by atoms with E-state index in [0.717, 1.165) is 30.0 Å². The van der Waals surface area contributed by atoms with Crippen LogP contribution in [0.4, 0.5) is 0 Å². The molecule has 2 rings (SSSR count). The summed E-state index contributed by atoms with van der Waals surface area (Å²) >= 11 is 1.75. The maximum absolute atomic E-state index is 10.7. The zero-order valence-corrected chi connectivity index (χ0v) is 9.74. The summed E-state index contributed by atoms with van der Waals surface area (Å²) in [7, 11) is 0. The normalized spacial score (nSPS) is 17.0. The fourth-order valence-corrected chi connectivity index (χ4v) is 2.93. The van der Waals surface area contributed by atoms with Gasteiger partial charge < -0.3 is 5.11 Å². The van der Waals surface area contributed by atoms with Crippen LogP contribution in [-0.4, -0.2) is 26.8 Å². The Morgan fingerprint density at radius 2 is 2.31 bits per heavy atom. The van der Waals surface area contributed by atoms with E-state index in [1.807, 2.05) is 0 Å². The summed E-state index contributed by atoms with van der Waals surface area (Å²) in [6, 6.07) is 0. The molecule has 0 unspecified atom stereocenters. The summed E-state index contributed by atoms with van der Waals surface area (Å²) in [5.74, 6) is 1.04. The van der Waals surface area contributed by atoms with Crippen LogP contribution in [0, 0.1) is 5.41 Å². The Morgan fingerprint density at radius 1 is 1.50 bits per heavy atom. The van der Waals surface area contributed by atoms with Crippen molar-refractivity contribution in [2.24, 2.45) is 5.41 Å². The van der Waals surface area contributed by atoms with Crippen molar-refractivity contribution < 1.29 is 9.90 Å². The van der Waals surface area contributed by atoms with Crippen molar-refractivity contribution in [3.63, 3.8) is 0 Å². The molecule has 5 heteroatoms. The molecule has 86 valence electrons. The van der Waals surface area contributed by atoms with Gasteiger partial charge in [0.25, 0.3) is 0 Å². The first-order valence-electron chi connectivity index (χ1n) is 5.25. The number of hydrogen-bond acceptors (Lipinski definition) is 4. The van der Waals surface area contributed by atoms with E-state index in [0.29, 0.717) is 6.42 Å². The molecular formula is C11H14N2O2S. The second-order valence-corrected chi connectivity index (χ2v) is 5.25. The SMILES string of the molecule is O=C(O)CC1(CSCc2cnccn2)CC1. The molecule has 0 aliphatic heterocycles. The van der Waals surface area contributed by atoms with E-state index in [9.17, 15) is 4.79 Å². The fourth-order valence-electron chi connectivity index (χ4n) is 1.65. The third-order valence-electron chi connectivity index (χ3n) is 2.76. The van der Waals surface area contributed by atoms with Crippen molar-refractivity contribution in [1.82, 2.24) is 9.97 Å². The molecule has 1 saturated carbocycles. The van der Waals surface area contributed by atoms with Crippen LogP contribution in [-0.2, 0) is 10.5 Å². The Hall–Kier alpha value is -1.10. The van der Waals surface area contributed by atoms with Gasteiger partial charge in [0.2, 0.25) is 0 Å². The number of aliphatic carboxylic acids is 1. The Kier molecular flexibility index (Phi) is 3.43. The first kappa shape index (κ1) is 11.4.